The number of aryl methyl sites for hydroxylation is 2. The molecule has 1 aliphatic heterocycles. The van der Waals surface area contributed by atoms with Crippen LogP contribution in [0.2, 0.25) is 0 Å². The molecule has 3 aromatic rings. The van der Waals surface area contributed by atoms with Gasteiger partial charge in [0.25, 0.3) is 5.91 Å². The number of carbonyl (C=O) groups excluding carboxylic acids is 2. The van der Waals surface area contributed by atoms with Crippen LogP contribution in [-0.4, -0.2) is 23.3 Å². The van der Waals surface area contributed by atoms with E-state index in [1.807, 2.05) is 56.3 Å². The van der Waals surface area contributed by atoms with Crippen molar-refractivity contribution in [1.29, 1.82) is 0 Å². The Morgan fingerprint density at radius 1 is 1.11 bits per heavy atom. The third kappa shape index (κ3) is 3.51. The predicted molar refractivity (Wildman–Crippen MR) is 111 cm³/mol. The van der Waals surface area contributed by atoms with Crippen LogP contribution >= 0.6 is 11.8 Å². The van der Waals surface area contributed by atoms with Crippen molar-refractivity contribution in [3.8, 4) is 0 Å². The molecule has 0 radical (unpaired) electrons. The number of nitrogens with zero attached hydrogens (tertiary/aromatic N) is 2. The Morgan fingerprint density at radius 2 is 1.93 bits per heavy atom. The van der Waals surface area contributed by atoms with Crippen LogP contribution in [0, 0.1) is 13.8 Å². The van der Waals surface area contributed by atoms with Crippen LogP contribution in [0.4, 0.5) is 11.4 Å². The molecule has 1 aromatic heterocycles. The molecule has 0 bridgehead atoms. The van der Waals surface area contributed by atoms with Crippen molar-refractivity contribution in [3.63, 3.8) is 0 Å². The quantitative estimate of drug-likeness (QED) is 0.719. The number of carbonyl (C=O) groups is 2. The number of nitrogens with one attached hydrogen (secondary N) is 1. The molecule has 1 N–H and O–H groups in total. The highest BCUT2D eigenvalue weighted by Crippen LogP contribution is 2.39. The molecule has 0 saturated heterocycles. The zero-order valence-electron chi connectivity index (χ0n) is 15.6. The van der Waals surface area contributed by atoms with E-state index in [2.05, 4.69) is 10.3 Å². The van der Waals surface area contributed by atoms with E-state index in [0.717, 1.165) is 21.7 Å². The van der Waals surface area contributed by atoms with Crippen LogP contribution in [0.15, 0.2) is 70.7 Å². The largest absolute Gasteiger partial charge is 0.324 e. The fourth-order valence-corrected chi connectivity index (χ4v) is 4.14. The number of amides is 2. The van der Waals surface area contributed by atoms with Crippen LogP contribution in [0.25, 0.3) is 0 Å². The van der Waals surface area contributed by atoms with Crippen LogP contribution in [0.1, 0.15) is 21.5 Å². The second-order valence-corrected chi connectivity index (χ2v) is 7.71. The Morgan fingerprint density at radius 3 is 2.79 bits per heavy atom. The molecule has 0 fully saturated rings. The number of fused-ring (bicyclic) bond motifs is 2. The minimum absolute atomic E-state index is 0.0835. The third-order valence-electron chi connectivity index (χ3n) is 4.58. The zero-order chi connectivity index (χ0) is 19.7. The van der Waals surface area contributed by atoms with Crippen molar-refractivity contribution in [2.45, 2.75) is 23.8 Å². The lowest BCUT2D eigenvalue weighted by Crippen LogP contribution is -2.38. The second-order valence-electron chi connectivity index (χ2n) is 6.68. The van der Waals surface area contributed by atoms with Gasteiger partial charge in [-0.15, -0.1) is 0 Å². The summed E-state index contributed by atoms with van der Waals surface area (Å²) < 4.78 is 0. The molecule has 28 heavy (non-hydrogen) atoms. The molecule has 2 aromatic carbocycles. The van der Waals surface area contributed by atoms with Gasteiger partial charge in [0.2, 0.25) is 5.91 Å². The van der Waals surface area contributed by atoms with Gasteiger partial charge >= 0.3 is 0 Å². The number of hydrogen-bond donors (Lipinski definition) is 1. The van der Waals surface area contributed by atoms with E-state index in [1.54, 1.807) is 18.3 Å². The summed E-state index contributed by atoms with van der Waals surface area (Å²) in [5.74, 6) is -0.452. The Hall–Kier alpha value is -3.12. The number of rotatable bonds is 3. The van der Waals surface area contributed by atoms with E-state index < -0.39 is 0 Å². The number of anilines is 2. The molecular formula is C22H19N3O2S. The van der Waals surface area contributed by atoms with Crippen molar-refractivity contribution < 1.29 is 9.59 Å². The van der Waals surface area contributed by atoms with Gasteiger partial charge in [-0.1, -0.05) is 36.0 Å². The van der Waals surface area contributed by atoms with Crippen LogP contribution in [-0.2, 0) is 4.79 Å². The molecule has 4 rings (SSSR count). The van der Waals surface area contributed by atoms with Gasteiger partial charge in [0, 0.05) is 16.8 Å². The first kappa shape index (κ1) is 18.3. The monoisotopic (exact) mass is 389 g/mol. The van der Waals surface area contributed by atoms with E-state index in [-0.39, 0.29) is 18.4 Å². The lowest BCUT2D eigenvalue weighted by atomic mass is 10.1. The summed E-state index contributed by atoms with van der Waals surface area (Å²) in [5, 5.41) is 3.64. The van der Waals surface area contributed by atoms with Gasteiger partial charge in [-0.2, -0.15) is 0 Å². The minimum atomic E-state index is -0.249. The molecule has 2 amide bonds. The maximum atomic E-state index is 13.2. The van der Waals surface area contributed by atoms with E-state index in [9.17, 15) is 9.59 Å². The fraction of sp³-hybridized carbons (Fsp3) is 0.136. The summed E-state index contributed by atoms with van der Waals surface area (Å²) >= 11 is 1.44. The smallest absolute Gasteiger partial charge is 0.259 e. The summed E-state index contributed by atoms with van der Waals surface area (Å²) in [6.07, 6.45) is 1.69. The number of pyridine rings is 1. The van der Waals surface area contributed by atoms with Crippen LogP contribution < -0.4 is 10.2 Å². The molecular weight excluding hydrogens is 370 g/mol. The van der Waals surface area contributed by atoms with Gasteiger partial charge in [0.15, 0.2) is 0 Å². The predicted octanol–water partition coefficient (Wildman–Crippen LogP) is 4.45. The second kappa shape index (κ2) is 7.48. The highest BCUT2D eigenvalue weighted by Gasteiger charge is 2.29. The Balaban J connectivity index is 1.67. The standard InChI is InChI=1S/C22H19N3O2S/c1-14-9-10-15(2)17(12-14)24-20(26)13-25-18-7-5-11-23-21(18)28-19-8-4-3-6-16(19)22(25)27/h3-12H,13H2,1-2H3,(H,24,26). The topological polar surface area (TPSA) is 62.3 Å². The lowest BCUT2D eigenvalue weighted by molar-refractivity contribution is -0.114. The molecule has 5 nitrogen and oxygen atoms in total. The van der Waals surface area contributed by atoms with Gasteiger partial charge in [-0.05, 0) is 55.3 Å². The summed E-state index contributed by atoms with van der Waals surface area (Å²) in [6, 6.07) is 16.9. The molecule has 1 aliphatic rings. The van der Waals surface area contributed by atoms with E-state index in [4.69, 9.17) is 0 Å². The van der Waals surface area contributed by atoms with Gasteiger partial charge < -0.3 is 5.32 Å². The van der Waals surface area contributed by atoms with E-state index in [1.165, 1.54) is 16.7 Å². The molecule has 140 valence electrons. The van der Waals surface area contributed by atoms with Crippen molar-refractivity contribution in [3.05, 3.63) is 77.5 Å². The minimum Gasteiger partial charge on any atom is -0.324 e. The number of benzene rings is 2. The van der Waals surface area contributed by atoms with Crippen molar-refractivity contribution in [2.24, 2.45) is 0 Å². The summed E-state index contributed by atoms with van der Waals surface area (Å²) in [7, 11) is 0. The van der Waals surface area contributed by atoms with Gasteiger partial charge in [0.05, 0.1) is 11.3 Å². The maximum Gasteiger partial charge on any atom is 0.259 e. The van der Waals surface area contributed by atoms with Crippen LogP contribution in [0.3, 0.4) is 0 Å². The summed E-state index contributed by atoms with van der Waals surface area (Å²) in [4.78, 5) is 32.8. The molecule has 0 spiro atoms. The molecule has 6 heteroatoms. The first-order chi connectivity index (χ1) is 13.5. The Kier molecular flexibility index (Phi) is 4.88. The first-order valence-electron chi connectivity index (χ1n) is 8.94. The molecule has 2 heterocycles. The molecule has 0 saturated carbocycles. The molecule has 0 unspecified atom stereocenters. The Labute approximate surface area is 167 Å². The van der Waals surface area contributed by atoms with Crippen molar-refractivity contribution in [2.75, 3.05) is 16.8 Å². The zero-order valence-corrected chi connectivity index (χ0v) is 16.4. The van der Waals surface area contributed by atoms with Gasteiger partial charge in [-0.25, -0.2) is 4.98 Å². The van der Waals surface area contributed by atoms with Gasteiger partial charge in [-0.3, -0.25) is 14.5 Å². The average Bonchev–Trinajstić information content (AvgIpc) is 2.80. The first-order valence-corrected chi connectivity index (χ1v) is 9.75. The fourth-order valence-electron chi connectivity index (χ4n) is 3.12. The van der Waals surface area contributed by atoms with Gasteiger partial charge in [0.1, 0.15) is 11.6 Å². The highest BCUT2D eigenvalue weighted by molar-refractivity contribution is 7.99. The normalized spacial score (nSPS) is 12.8. The van der Waals surface area contributed by atoms with Crippen molar-refractivity contribution in [1.82, 2.24) is 4.98 Å². The maximum absolute atomic E-state index is 13.2. The van der Waals surface area contributed by atoms with Crippen LogP contribution in [0.5, 0.6) is 0 Å². The van der Waals surface area contributed by atoms with E-state index in [0.29, 0.717) is 16.3 Å². The SMILES string of the molecule is Cc1ccc(C)c(NC(=O)CN2C(=O)c3ccccc3Sc3ncccc32)c1. The summed E-state index contributed by atoms with van der Waals surface area (Å²) in [6.45, 7) is 3.83. The van der Waals surface area contributed by atoms with Crippen molar-refractivity contribution >= 4 is 35.0 Å². The Bertz CT molecular complexity index is 1080. The molecule has 0 aliphatic carbocycles. The lowest BCUT2D eigenvalue weighted by Gasteiger charge is -2.22. The summed E-state index contributed by atoms with van der Waals surface area (Å²) in [5.41, 5.74) is 4.01. The highest BCUT2D eigenvalue weighted by atomic mass is 32.2. The van der Waals surface area contributed by atoms with E-state index >= 15 is 0 Å². The number of aromatic nitrogens is 1. The average molecular weight is 389 g/mol. The third-order valence-corrected chi connectivity index (χ3v) is 5.66. The number of hydrogen-bond acceptors (Lipinski definition) is 4. The molecule has 0 atom stereocenters.